The number of carbonyl (C=O) groups excluding carboxylic acids is 2. The van der Waals surface area contributed by atoms with Crippen molar-refractivity contribution >= 4 is 11.9 Å². The Morgan fingerprint density at radius 3 is 2.44 bits per heavy atom. The molecule has 1 fully saturated rings. The maximum atomic E-state index is 11.7. The third-order valence-electron chi connectivity index (χ3n) is 2.85. The van der Waals surface area contributed by atoms with Crippen molar-refractivity contribution in [2.24, 2.45) is 0 Å². The molecule has 0 aliphatic heterocycles. The second-order valence-corrected chi connectivity index (χ2v) is 3.97. The summed E-state index contributed by atoms with van der Waals surface area (Å²) in [6, 6.07) is 0. The molecule has 1 rings (SSSR count). The zero-order chi connectivity index (χ0) is 12.0. The SMILES string of the molecule is CCOCC(=O)NC1(C(=O)OC)CCCC1. The predicted octanol–water partition coefficient (Wildman–Crippen LogP) is 0.625. The van der Waals surface area contributed by atoms with Crippen LogP contribution >= 0.6 is 0 Å². The molecular formula is C11H19NO4. The standard InChI is InChI=1S/C11H19NO4/c1-3-16-8-9(13)12-11(10(14)15-2)6-4-5-7-11/h3-8H2,1-2H3,(H,12,13). The van der Waals surface area contributed by atoms with Gasteiger partial charge in [-0.1, -0.05) is 12.8 Å². The summed E-state index contributed by atoms with van der Waals surface area (Å²) in [6.45, 7) is 2.30. The highest BCUT2D eigenvalue weighted by molar-refractivity contribution is 5.88. The van der Waals surface area contributed by atoms with Gasteiger partial charge in [0.05, 0.1) is 7.11 Å². The molecule has 1 aliphatic carbocycles. The van der Waals surface area contributed by atoms with Crippen LogP contribution in [0.2, 0.25) is 0 Å². The Balaban J connectivity index is 2.57. The highest BCUT2D eigenvalue weighted by Crippen LogP contribution is 2.30. The topological polar surface area (TPSA) is 64.6 Å². The van der Waals surface area contributed by atoms with Crippen LogP contribution in [0.1, 0.15) is 32.6 Å². The van der Waals surface area contributed by atoms with Gasteiger partial charge in [-0.25, -0.2) is 4.79 Å². The van der Waals surface area contributed by atoms with Crippen molar-refractivity contribution in [1.29, 1.82) is 0 Å². The van der Waals surface area contributed by atoms with E-state index in [2.05, 4.69) is 5.32 Å². The van der Waals surface area contributed by atoms with Crippen LogP contribution in [0.15, 0.2) is 0 Å². The van der Waals surface area contributed by atoms with Gasteiger partial charge in [-0.05, 0) is 19.8 Å². The first-order valence-electron chi connectivity index (χ1n) is 5.62. The van der Waals surface area contributed by atoms with E-state index in [0.717, 1.165) is 12.8 Å². The molecule has 0 bridgehead atoms. The average molecular weight is 229 g/mol. The molecule has 92 valence electrons. The van der Waals surface area contributed by atoms with Crippen LogP contribution in [0.3, 0.4) is 0 Å². The largest absolute Gasteiger partial charge is 0.467 e. The van der Waals surface area contributed by atoms with Crippen LogP contribution in [0.25, 0.3) is 0 Å². The number of nitrogens with one attached hydrogen (secondary N) is 1. The molecular weight excluding hydrogens is 210 g/mol. The van der Waals surface area contributed by atoms with E-state index in [9.17, 15) is 9.59 Å². The van der Waals surface area contributed by atoms with Crippen LogP contribution in [0.5, 0.6) is 0 Å². The van der Waals surface area contributed by atoms with E-state index in [1.165, 1.54) is 7.11 Å². The number of methoxy groups -OCH3 is 1. The van der Waals surface area contributed by atoms with Crippen molar-refractivity contribution in [3.63, 3.8) is 0 Å². The lowest BCUT2D eigenvalue weighted by Gasteiger charge is -2.27. The van der Waals surface area contributed by atoms with Crippen LogP contribution in [-0.2, 0) is 19.1 Å². The highest BCUT2D eigenvalue weighted by atomic mass is 16.5. The van der Waals surface area contributed by atoms with E-state index < -0.39 is 5.54 Å². The van der Waals surface area contributed by atoms with Gasteiger partial charge < -0.3 is 14.8 Å². The van der Waals surface area contributed by atoms with Crippen molar-refractivity contribution < 1.29 is 19.1 Å². The van der Waals surface area contributed by atoms with E-state index in [1.54, 1.807) is 0 Å². The molecule has 0 unspecified atom stereocenters. The molecule has 1 aliphatic rings. The van der Waals surface area contributed by atoms with Crippen LogP contribution in [0.4, 0.5) is 0 Å². The van der Waals surface area contributed by atoms with Crippen LogP contribution < -0.4 is 5.32 Å². The summed E-state index contributed by atoms with van der Waals surface area (Å²) in [6.07, 6.45) is 3.17. The van der Waals surface area contributed by atoms with Crippen LogP contribution in [0, 0.1) is 0 Å². The lowest BCUT2D eigenvalue weighted by molar-refractivity contribution is -0.151. The summed E-state index contributed by atoms with van der Waals surface area (Å²) in [5.41, 5.74) is -0.817. The van der Waals surface area contributed by atoms with Gasteiger partial charge in [0.15, 0.2) is 0 Å². The van der Waals surface area contributed by atoms with Crippen molar-refractivity contribution in [3.8, 4) is 0 Å². The smallest absolute Gasteiger partial charge is 0.331 e. The molecule has 0 heterocycles. The number of ether oxygens (including phenoxy) is 2. The second-order valence-electron chi connectivity index (χ2n) is 3.97. The minimum atomic E-state index is -0.817. The minimum Gasteiger partial charge on any atom is -0.467 e. The molecule has 16 heavy (non-hydrogen) atoms. The number of carbonyl (C=O) groups is 2. The van der Waals surface area contributed by atoms with Crippen molar-refractivity contribution in [2.45, 2.75) is 38.1 Å². The maximum absolute atomic E-state index is 11.7. The summed E-state index contributed by atoms with van der Waals surface area (Å²) in [7, 11) is 1.34. The number of esters is 1. The third-order valence-corrected chi connectivity index (χ3v) is 2.85. The number of amides is 1. The molecule has 0 aromatic rings. The Morgan fingerprint density at radius 2 is 1.94 bits per heavy atom. The molecule has 1 N–H and O–H groups in total. The summed E-state index contributed by atoms with van der Waals surface area (Å²) < 4.78 is 9.75. The fraction of sp³-hybridized carbons (Fsp3) is 0.818. The van der Waals surface area contributed by atoms with Gasteiger partial charge >= 0.3 is 5.97 Å². The molecule has 1 amide bonds. The Morgan fingerprint density at radius 1 is 1.31 bits per heavy atom. The Labute approximate surface area is 95.5 Å². The lowest BCUT2D eigenvalue weighted by atomic mass is 9.98. The summed E-state index contributed by atoms with van der Waals surface area (Å²) in [4.78, 5) is 23.2. The normalized spacial score (nSPS) is 18.1. The molecule has 1 saturated carbocycles. The van der Waals surface area contributed by atoms with Gasteiger partial charge in [0.25, 0.3) is 0 Å². The molecule has 0 aromatic carbocycles. The van der Waals surface area contributed by atoms with Crippen molar-refractivity contribution in [3.05, 3.63) is 0 Å². The Bertz CT molecular complexity index is 259. The predicted molar refractivity (Wildman–Crippen MR) is 57.9 cm³/mol. The fourth-order valence-corrected chi connectivity index (χ4v) is 2.05. The maximum Gasteiger partial charge on any atom is 0.331 e. The summed E-state index contributed by atoms with van der Waals surface area (Å²) >= 11 is 0. The van der Waals surface area contributed by atoms with Crippen molar-refractivity contribution in [2.75, 3.05) is 20.3 Å². The first-order valence-corrected chi connectivity index (χ1v) is 5.62. The molecule has 5 nitrogen and oxygen atoms in total. The zero-order valence-corrected chi connectivity index (χ0v) is 9.88. The van der Waals surface area contributed by atoms with E-state index in [-0.39, 0.29) is 18.5 Å². The molecule has 0 atom stereocenters. The second kappa shape index (κ2) is 5.84. The van der Waals surface area contributed by atoms with E-state index in [1.807, 2.05) is 6.92 Å². The first kappa shape index (κ1) is 13.0. The lowest BCUT2D eigenvalue weighted by Crippen LogP contribution is -2.54. The van der Waals surface area contributed by atoms with Gasteiger partial charge in [0.1, 0.15) is 12.1 Å². The Kier molecular flexibility index (Phi) is 4.73. The number of rotatable bonds is 5. The quantitative estimate of drug-likeness (QED) is 0.702. The van der Waals surface area contributed by atoms with Crippen molar-refractivity contribution in [1.82, 2.24) is 5.32 Å². The fourth-order valence-electron chi connectivity index (χ4n) is 2.05. The van der Waals surface area contributed by atoms with Gasteiger partial charge in [0, 0.05) is 6.61 Å². The molecule has 0 saturated heterocycles. The van der Waals surface area contributed by atoms with Crippen LogP contribution in [-0.4, -0.2) is 37.7 Å². The molecule has 0 radical (unpaired) electrons. The molecule has 0 aromatic heterocycles. The third kappa shape index (κ3) is 2.95. The van der Waals surface area contributed by atoms with Gasteiger partial charge in [0.2, 0.25) is 5.91 Å². The van der Waals surface area contributed by atoms with Gasteiger partial charge in [-0.15, -0.1) is 0 Å². The first-order chi connectivity index (χ1) is 7.64. The minimum absolute atomic E-state index is 0.00472. The number of hydrogen-bond acceptors (Lipinski definition) is 4. The number of hydrogen-bond donors (Lipinski definition) is 1. The van der Waals surface area contributed by atoms with E-state index >= 15 is 0 Å². The zero-order valence-electron chi connectivity index (χ0n) is 9.88. The van der Waals surface area contributed by atoms with Gasteiger partial charge in [-0.2, -0.15) is 0 Å². The average Bonchev–Trinajstić information content (AvgIpc) is 2.75. The summed E-state index contributed by atoms with van der Waals surface area (Å²) in [5, 5.41) is 2.74. The molecule has 0 spiro atoms. The van der Waals surface area contributed by atoms with Gasteiger partial charge in [-0.3, -0.25) is 4.79 Å². The highest BCUT2D eigenvalue weighted by Gasteiger charge is 2.43. The summed E-state index contributed by atoms with van der Waals surface area (Å²) in [5.74, 6) is -0.607. The van der Waals surface area contributed by atoms with E-state index in [0.29, 0.717) is 19.4 Å². The molecule has 5 heteroatoms. The Hall–Kier alpha value is -1.10. The monoisotopic (exact) mass is 229 g/mol. The van der Waals surface area contributed by atoms with E-state index in [4.69, 9.17) is 9.47 Å².